The molecular formula is C84H90N8O4Se4. The molecule has 0 atom stereocenters. The van der Waals surface area contributed by atoms with Crippen molar-refractivity contribution in [2.75, 3.05) is 26.4 Å². The summed E-state index contributed by atoms with van der Waals surface area (Å²) in [5, 5.41) is 7.72. The Morgan fingerprint density at radius 3 is 0.920 bits per heavy atom. The number of ether oxygens (including phenoxy) is 4. The molecule has 2 N–H and O–H groups in total. The van der Waals surface area contributed by atoms with E-state index in [0.717, 1.165) is 153 Å². The van der Waals surface area contributed by atoms with Gasteiger partial charge in [0.15, 0.2) is 0 Å². The third-order valence-electron chi connectivity index (χ3n) is 18.4. The fraction of sp³-hybridized carbons (Fsp3) is 0.333. The summed E-state index contributed by atoms with van der Waals surface area (Å²) in [5.74, 6) is 4.96. The number of rotatable bonds is 32. The van der Waals surface area contributed by atoms with E-state index in [9.17, 15) is 0 Å². The zero-order valence-corrected chi connectivity index (χ0v) is 65.8. The van der Waals surface area contributed by atoms with Crippen molar-refractivity contribution in [3.05, 3.63) is 190 Å². The normalized spacial score (nSPS) is 11.8. The number of hydrogen-bond donors (Lipinski definition) is 2. The molecule has 0 amide bonds. The number of unbranched alkanes of at least 4 members (excludes halogenated alkanes) is 4. The first-order valence-corrected chi connectivity index (χ1v) is 44.3. The monoisotopic (exact) mass is 1590 g/mol. The Hall–Kier alpha value is -7.60. The molecule has 514 valence electrons. The Bertz CT molecular complexity index is 4860. The van der Waals surface area contributed by atoms with Gasteiger partial charge in [-0.2, -0.15) is 0 Å². The number of fused-ring (bicyclic) bond motifs is 20. The van der Waals surface area contributed by atoms with E-state index < -0.39 is 0 Å². The Labute approximate surface area is 614 Å². The van der Waals surface area contributed by atoms with Crippen LogP contribution in [0.3, 0.4) is 0 Å². The first-order valence-electron chi connectivity index (χ1n) is 36.1. The molecule has 100 heavy (non-hydrogen) atoms. The van der Waals surface area contributed by atoms with Crippen molar-refractivity contribution in [3.8, 4) is 68.5 Å². The summed E-state index contributed by atoms with van der Waals surface area (Å²) in [6.07, 6.45) is 10.7. The van der Waals surface area contributed by atoms with E-state index in [-0.39, 0.29) is 59.8 Å². The molecule has 8 bridgehead atoms. The minimum absolute atomic E-state index is 0.0668. The third-order valence-corrected chi connectivity index (χ3v) is 29.9. The van der Waals surface area contributed by atoms with E-state index in [0.29, 0.717) is 84.0 Å². The van der Waals surface area contributed by atoms with Gasteiger partial charge >= 0.3 is 553 Å². The Balaban J connectivity index is 1.20. The molecule has 5 heterocycles. The van der Waals surface area contributed by atoms with Crippen molar-refractivity contribution in [1.82, 2.24) is 39.9 Å². The van der Waals surface area contributed by atoms with Gasteiger partial charge in [-0.25, -0.2) is 0 Å². The Kier molecular flexibility index (Phi) is 24.0. The van der Waals surface area contributed by atoms with Crippen LogP contribution in [0.25, 0.3) is 89.7 Å². The van der Waals surface area contributed by atoms with Gasteiger partial charge < -0.3 is 0 Å². The predicted molar refractivity (Wildman–Crippen MR) is 417 cm³/mol. The van der Waals surface area contributed by atoms with E-state index >= 15 is 0 Å². The van der Waals surface area contributed by atoms with Crippen LogP contribution in [0, 0.1) is 0 Å². The number of aromatic amines is 2. The summed E-state index contributed by atoms with van der Waals surface area (Å²) < 4.78 is 32.8. The van der Waals surface area contributed by atoms with Crippen molar-refractivity contribution in [2.24, 2.45) is 0 Å². The Morgan fingerprint density at radius 2 is 0.590 bits per heavy atom. The molecule has 0 aliphatic carbocycles. The quantitative estimate of drug-likeness (QED) is 0.0309. The molecule has 12 nitrogen and oxygen atoms in total. The maximum absolute atomic E-state index is 6.73. The molecule has 16 heteroatoms. The van der Waals surface area contributed by atoms with Gasteiger partial charge in [0.1, 0.15) is 0 Å². The van der Waals surface area contributed by atoms with Gasteiger partial charge in [-0.3, -0.25) is 0 Å². The van der Waals surface area contributed by atoms with Crippen LogP contribution in [0.1, 0.15) is 151 Å². The number of hydrogen-bond acceptors (Lipinski definition) is 10. The summed E-state index contributed by atoms with van der Waals surface area (Å²) in [7, 11) is 0. The Morgan fingerprint density at radius 1 is 0.310 bits per heavy atom. The predicted octanol–water partition coefficient (Wildman–Crippen LogP) is 16.0. The first kappa shape index (κ1) is 70.8. The van der Waals surface area contributed by atoms with Gasteiger partial charge in [0.05, 0.1) is 0 Å². The van der Waals surface area contributed by atoms with Gasteiger partial charge in [0.25, 0.3) is 0 Å². The van der Waals surface area contributed by atoms with Crippen molar-refractivity contribution >= 4 is 122 Å². The van der Waals surface area contributed by atoms with Crippen LogP contribution in [0.4, 0.5) is 0 Å². The van der Waals surface area contributed by atoms with Crippen molar-refractivity contribution < 1.29 is 18.9 Å². The van der Waals surface area contributed by atoms with E-state index in [1.807, 2.05) is 0 Å². The van der Waals surface area contributed by atoms with E-state index in [4.69, 9.17) is 48.9 Å². The van der Waals surface area contributed by atoms with E-state index in [2.05, 4.69) is 211 Å². The number of nitrogens with one attached hydrogen (secondary N) is 2. The number of H-pyrrole nitrogens is 2. The molecule has 2 aliphatic rings. The molecule has 0 saturated heterocycles. The molecule has 0 spiro atoms. The standard InChI is InChI=1S/C84H90N8O4Se4/c1-9-17-41-93-65-45-61-63(47-67(65)95-43-19-11-3)79-86-77(61)85-78-62-46-66(94-42-18-10-2)68(96-44-20-12-4)48-64(62)80(87-78)89-82-70-58(14-6)74(98-50-54-35-27-22-28-36-54)76(100-52-56-39-31-24-32-40-56)60(16-8)72(70)84(91-82)92-83-71-59(15-7)75(99-51-55-37-29-23-30-38-55)73(97-49-53-33-25-21-26-34-53)57(13-5)69(71)81(88-79)90-83/h21-40,45-48H,9-20,41-44,49-52H2,1-8H3,(H2,85,86,87,88,89,90,91,92). The average molecular weight is 1590 g/mol. The molecule has 0 radical (unpaired) electrons. The van der Waals surface area contributed by atoms with Crippen molar-refractivity contribution in [2.45, 2.75) is 154 Å². The maximum atomic E-state index is 6.73. The summed E-state index contributed by atoms with van der Waals surface area (Å²) in [6, 6.07) is 52.6. The van der Waals surface area contributed by atoms with Crippen LogP contribution in [-0.4, -0.2) is 126 Å². The molecule has 0 saturated carbocycles. The molecule has 0 fully saturated rings. The average Bonchev–Trinajstić information content (AvgIpc) is 1.57. The fourth-order valence-corrected chi connectivity index (χ4v) is 25.6. The van der Waals surface area contributed by atoms with Gasteiger partial charge in [-0.15, -0.1) is 0 Å². The second-order valence-electron chi connectivity index (χ2n) is 25.3. The van der Waals surface area contributed by atoms with Gasteiger partial charge in [0, 0.05) is 0 Å². The van der Waals surface area contributed by atoms with Gasteiger partial charge in [0.2, 0.25) is 0 Å². The number of nitrogens with zero attached hydrogens (tertiary/aromatic N) is 6. The summed E-state index contributed by atoms with van der Waals surface area (Å²) in [4.78, 5) is 43.0. The summed E-state index contributed by atoms with van der Waals surface area (Å²) in [5.41, 5.74) is 17.0. The molecule has 2 aliphatic heterocycles. The summed E-state index contributed by atoms with van der Waals surface area (Å²) in [6.45, 7) is 20.3. The number of aromatic nitrogens is 8. The first-order chi connectivity index (χ1) is 49.3. The van der Waals surface area contributed by atoms with Gasteiger partial charge in [-0.1, -0.05) is 53.4 Å². The molecule has 0 unspecified atom stereocenters. The summed E-state index contributed by atoms with van der Waals surface area (Å²) >= 11 is 0.276. The van der Waals surface area contributed by atoms with Crippen molar-refractivity contribution in [1.29, 1.82) is 0 Å². The molecule has 13 rings (SSSR count). The molecular weight excluding hydrogens is 1500 g/mol. The zero-order chi connectivity index (χ0) is 68.9. The van der Waals surface area contributed by atoms with Gasteiger partial charge in [-0.05, 0) is 12.8 Å². The van der Waals surface area contributed by atoms with Crippen LogP contribution < -0.4 is 36.8 Å². The minimum atomic E-state index is 0.0668. The zero-order valence-electron chi connectivity index (χ0n) is 58.9. The third kappa shape index (κ3) is 15.4. The molecule has 11 aromatic rings. The van der Waals surface area contributed by atoms with Crippen LogP contribution in [0.2, 0.25) is 0 Å². The fourth-order valence-electron chi connectivity index (χ4n) is 13.2. The SMILES string of the molecule is CCCCOc1cc2c(cc1OCCCC)-c1nc-2nc2[nH]c(nc3nc(nc4[nH]c(n1)c1c(CC)c([Se]Cc5ccccc5)c([Se]Cc5ccccc5)c(CC)c41)-c1c(CC)c([Se]Cc4ccccc4)c([Se]Cc4ccccc4)c(CC)c1-3)c1cc(OCCCC)c(OCCCC)cc21. The molecule has 3 aromatic heterocycles. The van der Waals surface area contributed by atoms with Crippen LogP contribution in [0.5, 0.6) is 23.0 Å². The van der Waals surface area contributed by atoms with E-state index in [1.165, 1.54) is 62.4 Å². The second-order valence-corrected chi connectivity index (χ2v) is 33.6. The van der Waals surface area contributed by atoms with Crippen LogP contribution in [-0.2, 0) is 47.0 Å². The topological polar surface area (TPSA) is 146 Å². The van der Waals surface area contributed by atoms with Crippen LogP contribution in [0.15, 0.2) is 146 Å². The second kappa shape index (κ2) is 33.9. The number of aryl methyl sites for hydroxylation is 2. The van der Waals surface area contributed by atoms with Crippen molar-refractivity contribution in [3.63, 3.8) is 0 Å². The molecule has 8 aromatic carbocycles. The van der Waals surface area contributed by atoms with E-state index in [1.54, 1.807) is 0 Å². The van der Waals surface area contributed by atoms with Crippen LogP contribution >= 0.6 is 0 Å². The number of benzene rings is 8.